The topological polar surface area (TPSA) is 236 Å². The second-order valence-corrected chi connectivity index (χ2v) is 26.3. The van der Waals surface area contributed by atoms with Crippen molar-refractivity contribution in [3.8, 4) is 11.9 Å². The predicted molar refractivity (Wildman–Crippen MR) is 216 cm³/mol. The Hall–Kier alpha value is -2.68. The number of nitrogens with one attached hydrogen (secondary N) is 2. The van der Waals surface area contributed by atoms with Gasteiger partial charge in [0.2, 0.25) is 17.7 Å². The highest BCUT2D eigenvalue weighted by Gasteiger charge is 2.56. The molecule has 3 N–H and O–H groups in total. The molecule has 6 rings (SSSR count). The summed E-state index contributed by atoms with van der Waals surface area (Å²) in [5, 5.41) is 11.7. The summed E-state index contributed by atoms with van der Waals surface area (Å²) in [6.07, 6.45) is -4.83. The monoisotopic (exact) mass is 904 g/mol. The fraction of sp³-hybridized carbons (Fsp3) is 0.667. The molecule has 0 radical (unpaired) electrons. The minimum Gasteiger partial charge on any atom is -0.471 e. The van der Waals surface area contributed by atoms with Gasteiger partial charge in [0.15, 0.2) is 31.9 Å². The molecule has 3 aromatic rings. The lowest BCUT2D eigenvalue weighted by Gasteiger charge is -2.41. The maximum atomic E-state index is 16.3. The summed E-state index contributed by atoms with van der Waals surface area (Å²) in [4.78, 5) is 56.6. The van der Waals surface area contributed by atoms with Crippen LogP contribution in [0.1, 0.15) is 53.7 Å². The summed E-state index contributed by atoms with van der Waals surface area (Å²) >= 11 is 11.5. The van der Waals surface area contributed by atoms with Gasteiger partial charge < -0.3 is 36.9 Å². The van der Waals surface area contributed by atoms with Gasteiger partial charge in [0.1, 0.15) is 36.8 Å². The molecule has 19 nitrogen and oxygen atoms in total. The number of aromatic nitrogens is 6. The van der Waals surface area contributed by atoms with E-state index in [0.717, 1.165) is 0 Å². The third-order valence-electron chi connectivity index (χ3n) is 10.3. The highest BCUT2D eigenvalue weighted by molar-refractivity contribution is 8.07. The van der Waals surface area contributed by atoms with E-state index in [0.29, 0.717) is 0 Å². The largest absolute Gasteiger partial charge is 0.471 e. The summed E-state index contributed by atoms with van der Waals surface area (Å²) in [5.74, 6) is -1.64. The normalized spacial score (nSPS) is 32.2. The van der Waals surface area contributed by atoms with Crippen molar-refractivity contribution in [3.63, 3.8) is 0 Å². The molecule has 3 fully saturated rings. The Morgan fingerprint density at radius 3 is 2.66 bits per heavy atom. The number of halogens is 1. The molecule has 2 bridgehead atoms. The van der Waals surface area contributed by atoms with Crippen molar-refractivity contribution in [3.05, 3.63) is 35.3 Å². The van der Waals surface area contributed by atoms with Crippen molar-refractivity contribution >= 4 is 68.4 Å². The number of alkyl halides is 1. The van der Waals surface area contributed by atoms with E-state index in [-0.39, 0.29) is 54.1 Å². The zero-order valence-corrected chi connectivity index (χ0v) is 37.3. The number of fused-ring (bicyclic) bond motifs is 4. The van der Waals surface area contributed by atoms with Crippen molar-refractivity contribution in [2.24, 2.45) is 11.8 Å². The minimum absolute atomic E-state index is 0.0166. The molecule has 3 aliphatic rings. The van der Waals surface area contributed by atoms with Crippen LogP contribution in [0.25, 0.3) is 11.2 Å². The van der Waals surface area contributed by atoms with E-state index in [1.807, 2.05) is 39.9 Å². The third kappa shape index (κ3) is 10.1. The van der Waals surface area contributed by atoms with E-state index in [2.05, 4.69) is 30.2 Å². The number of hydrogen-bond acceptors (Lipinski definition) is 17. The molecule has 5 heterocycles. The van der Waals surface area contributed by atoms with Crippen LogP contribution in [-0.4, -0.2) is 105 Å². The summed E-state index contributed by atoms with van der Waals surface area (Å²) in [7, 11) is -2.72. The number of anilines is 1. The molecule has 1 amide bonds. The van der Waals surface area contributed by atoms with Gasteiger partial charge in [-0.05, 0) is 48.2 Å². The zero-order valence-electron chi connectivity index (χ0n) is 32.8. The van der Waals surface area contributed by atoms with Crippen LogP contribution in [-0.2, 0) is 60.2 Å². The molecule has 0 aromatic carbocycles. The number of nitrogens with zero attached hydrogens (tertiary/aromatic N) is 6. The van der Waals surface area contributed by atoms with Crippen LogP contribution in [0, 0.1) is 23.2 Å². The SMILES string of the molecule is CC(C)C(=O)Nc1nc2c(ncn2[C@@H]2O[C@@H]3COP(O)(=S)O[C@@H]4[C@@H](CO[P@](=S)(OCCC#N)O[C@@H]2[C@@H]3O[Si](C)(C)C(C)(C)C)C[C@@H](Oc2ccncn2)[C@@H]4F)c(=O)[nH]1. The van der Waals surface area contributed by atoms with E-state index in [4.69, 9.17) is 60.1 Å². The first-order valence-corrected chi connectivity index (χ1v) is 26.5. The highest BCUT2D eigenvalue weighted by Crippen LogP contribution is 2.58. The number of hydrogen-bond donors (Lipinski definition) is 3. The second-order valence-electron chi connectivity index (χ2n) is 15.8. The smallest absolute Gasteiger partial charge is 0.327 e. The van der Waals surface area contributed by atoms with Crippen LogP contribution in [0.2, 0.25) is 18.1 Å². The van der Waals surface area contributed by atoms with Gasteiger partial charge in [-0.3, -0.25) is 29.0 Å². The number of H-pyrrole nitrogens is 1. The molecular weight excluding hydrogens is 858 g/mol. The molecule has 1 aliphatic carbocycles. The van der Waals surface area contributed by atoms with Crippen molar-refractivity contribution in [2.45, 2.75) is 109 Å². The van der Waals surface area contributed by atoms with Crippen molar-refractivity contribution < 1.29 is 50.6 Å². The average molecular weight is 905 g/mol. The van der Waals surface area contributed by atoms with E-state index in [1.54, 1.807) is 13.8 Å². The average Bonchev–Trinajstić information content (AvgIpc) is 3.79. The van der Waals surface area contributed by atoms with Crippen molar-refractivity contribution in [2.75, 3.05) is 25.1 Å². The van der Waals surface area contributed by atoms with Crippen molar-refractivity contribution in [1.29, 1.82) is 5.26 Å². The van der Waals surface area contributed by atoms with Crippen LogP contribution in [0.5, 0.6) is 5.88 Å². The molecule has 10 atom stereocenters. The predicted octanol–water partition coefficient (Wildman–Crippen LogP) is 4.79. The number of aromatic amines is 1. The molecule has 2 saturated heterocycles. The number of nitriles is 1. The zero-order chi connectivity index (χ0) is 42.2. The first-order valence-electron chi connectivity index (χ1n) is 18.5. The van der Waals surface area contributed by atoms with Crippen LogP contribution in [0.3, 0.4) is 0 Å². The quantitative estimate of drug-likeness (QED) is 0.141. The Kier molecular flexibility index (Phi) is 13.7. The first kappa shape index (κ1) is 44.9. The number of imidazole rings is 1. The standard InChI is InChI=1S/C33H47FN8O11P2S2Si/c1-18(2)29(43)40-32-39-28-24(30(44)41-32)38-17-42(28)31-27-26(53-58(6,7)33(3,4)5)21(50-31)15-47-54(45,56)51-25-19(14-48-55(57,52-27)46-12-8-10-35)13-20(23(25)34)49-22-9-11-36-16-37-22/h9,11,16-21,23,25-27,31H,8,12-15H2,1-7H3,(H,45,56)(H2,39,40,41,43,44)/t19-,20-,21-,23+,25-,26-,27-,31-,54?,55-/m1/s1. The van der Waals surface area contributed by atoms with Gasteiger partial charge in [0.25, 0.3) is 5.56 Å². The van der Waals surface area contributed by atoms with Gasteiger partial charge in [-0.25, -0.2) is 19.3 Å². The lowest BCUT2D eigenvalue weighted by molar-refractivity contribution is -0.118. The van der Waals surface area contributed by atoms with Crippen LogP contribution >= 0.6 is 13.4 Å². The van der Waals surface area contributed by atoms with Gasteiger partial charge in [-0.15, -0.1) is 0 Å². The van der Waals surface area contributed by atoms with E-state index in [1.165, 1.54) is 29.5 Å². The Labute approximate surface area is 345 Å². The second kappa shape index (κ2) is 17.7. The maximum Gasteiger partial charge on any atom is 0.327 e. The van der Waals surface area contributed by atoms with Crippen LogP contribution in [0.15, 0.2) is 29.7 Å². The third-order valence-corrected chi connectivity index (χ3v) is 18.7. The fourth-order valence-electron chi connectivity index (χ4n) is 6.22. The number of carbonyl (C=O) groups excluding carboxylic acids is 1. The van der Waals surface area contributed by atoms with Gasteiger partial charge >= 0.3 is 13.4 Å². The molecule has 0 spiro atoms. The molecule has 1 unspecified atom stereocenters. The Balaban J connectivity index is 1.44. The lowest BCUT2D eigenvalue weighted by atomic mass is 10.1. The van der Waals surface area contributed by atoms with E-state index in [9.17, 15) is 19.7 Å². The number of ether oxygens (including phenoxy) is 2. The maximum absolute atomic E-state index is 16.3. The molecule has 25 heteroatoms. The van der Waals surface area contributed by atoms with Gasteiger partial charge in [-0.2, -0.15) is 10.2 Å². The minimum atomic E-state index is -4.23. The first-order chi connectivity index (χ1) is 27.2. The molecular formula is C33H47FN8O11P2S2Si. The molecule has 58 heavy (non-hydrogen) atoms. The molecule has 318 valence electrons. The van der Waals surface area contributed by atoms with Crippen LogP contribution in [0.4, 0.5) is 10.3 Å². The summed E-state index contributed by atoms with van der Waals surface area (Å²) in [6.45, 7) is 4.44. The van der Waals surface area contributed by atoms with Gasteiger partial charge in [0, 0.05) is 24.1 Å². The Bertz CT molecular complexity index is 2160. The highest BCUT2D eigenvalue weighted by atomic mass is 32.5. The molecule has 1 saturated carbocycles. The van der Waals surface area contributed by atoms with Gasteiger partial charge in [0.05, 0.1) is 38.6 Å². The van der Waals surface area contributed by atoms with E-state index < -0.39 is 94.6 Å². The van der Waals surface area contributed by atoms with E-state index >= 15 is 4.39 Å². The number of carbonyl (C=O) groups is 1. The van der Waals surface area contributed by atoms with Gasteiger partial charge in [-0.1, -0.05) is 34.6 Å². The summed E-state index contributed by atoms with van der Waals surface area (Å²) in [6, 6.07) is 3.49. The molecule has 3 aromatic heterocycles. The lowest BCUT2D eigenvalue weighted by Crippen LogP contribution is -2.50. The van der Waals surface area contributed by atoms with Crippen molar-refractivity contribution in [1.82, 2.24) is 29.5 Å². The summed E-state index contributed by atoms with van der Waals surface area (Å²) in [5.41, 5.74) is -0.698. The van der Waals surface area contributed by atoms with Crippen LogP contribution < -0.4 is 15.6 Å². The molecule has 2 aliphatic heterocycles. The number of rotatable bonds is 10. The summed E-state index contributed by atoms with van der Waals surface area (Å²) < 4.78 is 68.1. The number of amides is 1. The Morgan fingerprint density at radius 2 is 1.98 bits per heavy atom. The fourth-order valence-corrected chi connectivity index (χ4v) is 11.1. The Morgan fingerprint density at radius 1 is 1.22 bits per heavy atom.